The molecule has 0 aliphatic carbocycles. The second-order valence-electron chi connectivity index (χ2n) is 8.01. The molecule has 166 valence electrons. The van der Waals surface area contributed by atoms with E-state index in [1.807, 2.05) is 36.1 Å². The average Bonchev–Trinajstić information content (AvgIpc) is 3.25. The van der Waals surface area contributed by atoms with Crippen molar-refractivity contribution in [3.8, 4) is 5.69 Å². The van der Waals surface area contributed by atoms with Crippen LogP contribution in [-0.4, -0.2) is 38.7 Å². The molecule has 1 N–H and O–H groups in total. The van der Waals surface area contributed by atoms with Crippen molar-refractivity contribution in [2.45, 2.75) is 39.8 Å². The van der Waals surface area contributed by atoms with Crippen LogP contribution in [0.4, 0.5) is 0 Å². The average molecular weight is 449 g/mol. The van der Waals surface area contributed by atoms with Crippen LogP contribution < -0.4 is 5.32 Å². The molecule has 1 aliphatic heterocycles. The van der Waals surface area contributed by atoms with Crippen LogP contribution in [0.1, 0.15) is 47.2 Å². The summed E-state index contributed by atoms with van der Waals surface area (Å²) in [6, 6.07) is 16.0. The molecule has 2 atom stereocenters. The topological polar surface area (TPSA) is 59.4 Å². The van der Waals surface area contributed by atoms with Crippen LogP contribution in [0, 0.1) is 20.8 Å². The summed E-state index contributed by atoms with van der Waals surface area (Å²) in [6.07, 6.45) is 1.78. The van der Waals surface area contributed by atoms with Gasteiger partial charge in [0.15, 0.2) is 5.11 Å². The Bertz CT molecular complexity index is 1140. The van der Waals surface area contributed by atoms with Crippen LogP contribution in [0.15, 0.2) is 54.7 Å². The molecular formula is C25H28N4O2S. The molecule has 1 aromatic carbocycles. The number of para-hydroxylation sites is 1. The standard InChI is InChI=1S/C25H28N4O2S/c1-5-31-22(30)15-28-24(23(27-25(28)32)20-11-8-9-13-26-20)19-14-17(3)29(18(19)4)21-12-7-6-10-16(21)2/h6-14,23-24H,5,15H2,1-4H3,(H,27,32)/t23-,24-/m1/s1. The van der Waals surface area contributed by atoms with E-state index in [1.54, 1.807) is 6.20 Å². The molecule has 6 nitrogen and oxygen atoms in total. The highest BCUT2D eigenvalue weighted by Gasteiger charge is 2.42. The Morgan fingerprint density at radius 2 is 1.91 bits per heavy atom. The van der Waals surface area contributed by atoms with Crippen LogP contribution in [0.5, 0.6) is 0 Å². The number of rotatable bonds is 6. The fraction of sp³-hybridized carbons (Fsp3) is 0.320. The Morgan fingerprint density at radius 1 is 1.16 bits per heavy atom. The summed E-state index contributed by atoms with van der Waals surface area (Å²) in [5.74, 6) is -0.295. The Morgan fingerprint density at radius 3 is 2.59 bits per heavy atom. The van der Waals surface area contributed by atoms with Crippen LogP contribution >= 0.6 is 12.2 Å². The van der Waals surface area contributed by atoms with Gasteiger partial charge in [0.25, 0.3) is 0 Å². The number of aromatic nitrogens is 2. The Kier molecular flexibility index (Phi) is 6.28. The molecule has 0 amide bonds. The molecule has 3 aromatic rings. The zero-order valence-electron chi connectivity index (χ0n) is 18.8. The molecule has 1 fully saturated rings. The summed E-state index contributed by atoms with van der Waals surface area (Å²) in [6.45, 7) is 8.57. The van der Waals surface area contributed by atoms with Crippen molar-refractivity contribution < 1.29 is 9.53 Å². The van der Waals surface area contributed by atoms with Gasteiger partial charge in [0, 0.05) is 23.3 Å². The molecule has 2 aromatic heterocycles. The molecule has 0 bridgehead atoms. The third-order valence-corrected chi connectivity index (χ3v) is 6.30. The SMILES string of the molecule is CCOC(=O)CN1C(=S)N[C@H](c2ccccn2)[C@H]1c1cc(C)n(-c2ccccc2C)c1C. The van der Waals surface area contributed by atoms with E-state index in [0.717, 1.165) is 28.3 Å². The molecule has 1 aliphatic rings. The maximum Gasteiger partial charge on any atom is 0.325 e. The monoisotopic (exact) mass is 448 g/mol. The largest absolute Gasteiger partial charge is 0.465 e. The summed E-state index contributed by atoms with van der Waals surface area (Å²) in [7, 11) is 0. The van der Waals surface area contributed by atoms with Crippen molar-refractivity contribution in [1.29, 1.82) is 0 Å². The van der Waals surface area contributed by atoms with E-state index in [1.165, 1.54) is 5.56 Å². The highest BCUT2D eigenvalue weighted by Crippen LogP contribution is 2.41. The number of nitrogens with one attached hydrogen (secondary N) is 1. The van der Waals surface area contributed by atoms with Gasteiger partial charge in [-0.15, -0.1) is 0 Å². The van der Waals surface area contributed by atoms with E-state index in [2.05, 4.69) is 59.9 Å². The van der Waals surface area contributed by atoms with Gasteiger partial charge in [0.05, 0.1) is 24.4 Å². The molecule has 0 unspecified atom stereocenters. The second kappa shape index (κ2) is 9.12. The zero-order valence-corrected chi connectivity index (χ0v) is 19.6. The lowest BCUT2D eigenvalue weighted by Gasteiger charge is -2.27. The lowest BCUT2D eigenvalue weighted by molar-refractivity contribution is -0.143. The van der Waals surface area contributed by atoms with Crippen LogP contribution in [0.2, 0.25) is 0 Å². The molecule has 1 saturated heterocycles. The lowest BCUT2D eigenvalue weighted by Crippen LogP contribution is -2.35. The maximum absolute atomic E-state index is 12.4. The van der Waals surface area contributed by atoms with Gasteiger partial charge in [-0.05, 0) is 75.3 Å². The van der Waals surface area contributed by atoms with Gasteiger partial charge in [-0.2, -0.15) is 0 Å². The first-order valence-corrected chi connectivity index (χ1v) is 11.2. The third-order valence-electron chi connectivity index (χ3n) is 5.95. The minimum atomic E-state index is -0.295. The minimum Gasteiger partial charge on any atom is -0.465 e. The Hall–Kier alpha value is -3.19. The number of hydrogen-bond donors (Lipinski definition) is 1. The van der Waals surface area contributed by atoms with E-state index >= 15 is 0 Å². The molecular weight excluding hydrogens is 420 g/mol. The van der Waals surface area contributed by atoms with Crippen molar-refractivity contribution in [2.24, 2.45) is 0 Å². The number of thiocarbonyl (C=S) groups is 1. The quantitative estimate of drug-likeness (QED) is 0.447. The van der Waals surface area contributed by atoms with Crippen LogP contribution in [0.3, 0.4) is 0 Å². The first-order valence-electron chi connectivity index (χ1n) is 10.8. The summed E-state index contributed by atoms with van der Waals surface area (Å²) in [5.41, 5.74) is 6.58. The highest BCUT2D eigenvalue weighted by molar-refractivity contribution is 7.80. The number of pyridine rings is 1. The van der Waals surface area contributed by atoms with Gasteiger partial charge in [-0.1, -0.05) is 24.3 Å². The summed E-state index contributed by atoms with van der Waals surface area (Å²) in [5, 5.41) is 3.93. The highest BCUT2D eigenvalue weighted by atomic mass is 32.1. The number of aryl methyl sites for hydroxylation is 2. The van der Waals surface area contributed by atoms with Gasteiger partial charge in [-0.3, -0.25) is 9.78 Å². The van der Waals surface area contributed by atoms with Crippen molar-refractivity contribution in [1.82, 2.24) is 19.8 Å². The number of benzene rings is 1. The van der Waals surface area contributed by atoms with Gasteiger partial charge in [0.2, 0.25) is 0 Å². The number of esters is 1. The molecule has 32 heavy (non-hydrogen) atoms. The maximum atomic E-state index is 12.4. The molecule has 0 radical (unpaired) electrons. The van der Waals surface area contributed by atoms with Gasteiger partial charge >= 0.3 is 5.97 Å². The van der Waals surface area contributed by atoms with Gasteiger partial charge < -0.3 is 19.5 Å². The number of carbonyl (C=O) groups excluding carboxylic acids is 1. The zero-order chi connectivity index (χ0) is 22.8. The van der Waals surface area contributed by atoms with Crippen molar-refractivity contribution in [3.05, 3.63) is 82.9 Å². The van der Waals surface area contributed by atoms with Gasteiger partial charge in [0.1, 0.15) is 6.54 Å². The summed E-state index contributed by atoms with van der Waals surface area (Å²) in [4.78, 5) is 18.9. The fourth-order valence-electron chi connectivity index (χ4n) is 4.53. The Balaban J connectivity index is 1.83. The van der Waals surface area contributed by atoms with Crippen molar-refractivity contribution in [3.63, 3.8) is 0 Å². The Labute approximate surface area is 194 Å². The molecule has 7 heteroatoms. The minimum absolute atomic E-state index is 0.0850. The lowest BCUT2D eigenvalue weighted by atomic mass is 9.96. The van der Waals surface area contributed by atoms with E-state index in [4.69, 9.17) is 17.0 Å². The normalized spacial score (nSPS) is 18.0. The molecule has 4 rings (SSSR count). The third kappa shape index (κ3) is 4.00. The van der Waals surface area contributed by atoms with Crippen molar-refractivity contribution >= 4 is 23.3 Å². The van der Waals surface area contributed by atoms with E-state index in [0.29, 0.717) is 11.7 Å². The van der Waals surface area contributed by atoms with Crippen molar-refractivity contribution in [2.75, 3.05) is 13.2 Å². The van der Waals surface area contributed by atoms with E-state index < -0.39 is 0 Å². The first kappa shape index (κ1) is 22.0. The van der Waals surface area contributed by atoms with E-state index in [-0.39, 0.29) is 24.6 Å². The number of nitrogens with zero attached hydrogens (tertiary/aromatic N) is 3. The molecule has 0 saturated carbocycles. The molecule has 0 spiro atoms. The van der Waals surface area contributed by atoms with Crippen LogP contribution in [-0.2, 0) is 9.53 Å². The number of hydrogen-bond acceptors (Lipinski definition) is 4. The predicted octanol–water partition coefficient (Wildman–Crippen LogP) is 4.33. The van der Waals surface area contributed by atoms with E-state index in [9.17, 15) is 4.79 Å². The fourth-order valence-corrected chi connectivity index (χ4v) is 4.84. The predicted molar refractivity (Wildman–Crippen MR) is 129 cm³/mol. The number of carbonyl (C=O) groups is 1. The molecule has 3 heterocycles. The summed E-state index contributed by atoms with van der Waals surface area (Å²) < 4.78 is 7.50. The first-order chi connectivity index (χ1) is 15.4. The van der Waals surface area contributed by atoms with Crippen LogP contribution in [0.25, 0.3) is 5.69 Å². The second-order valence-corrected chi connectivity index (χ2v) is 8.39. The van der Waals surface area contributed by atoms with Gasteiger partial charge in [-0.25, -0.2) is 0 Å². The number of ether oxygens (including phenoxy) is 1. The smallest absolute Gasteiger partial charge is 0.325 e. The summed E-state index contributed by atoms with van der Waals surface area (Å²) >= 11 is 5.67.